The first kappa shape index (κ1) is 17.6. The fourth-order valence-electron chi connectivity index (χ4n) is 1.59. The summed E-state index contributed by atoms with van der Waals surface area (Å²) in [4.78, 5) is 24.6. The van der Waals surface area contributed by atoms with Crippen LogP contribution in [0.5, 0.6) is 5.75 Å². The van der Waals surface area contributed by atoms with Crippen LogP contribution in [0.3, 0.4) is 0 Å². The molecule has 0 heterocycles. The van der Waals surface area contributed by atoms with Crippen LogP contribution in [0.2, 0.25) is 10.0 Å². The standard InChI is InChI=1S/C14H17Cl2NO4/c1-3-17(7-6-14(19)20-2)13(18)9-21-10-4-5-11(15)12(16)8-10/h4-5,8H,3,6-7,9H2,1-2H3. The molecule has 0 aliphatic carbocycles. The van der Waals surface area contributed by atoms with Gasteiger partial charge in [0.2, 0.25) is 0 Å². The minimum absolute atomic E-state index is 0.132. The fraction of sp³-hybridized carbons (Fsp3) is 0.429. The maximum absolute atomic E-state index is 12.0. The Bertz CT molecular complexity index is 508. The van der Waals surface area contributed by atoms with Crippen molar-refractivity contribution in [3.63, 3.8) is 0 Å². The topological polar surface area (TPSA) is 55.8 Å². The first-order chi connectivity index (χ1) is 9.97. The van der Waals surface area contributed by atoms with Crippen LogP contribution in [0.4, 0.5) is 0 Å². The lowest BCUT2D eigenvalue weighted by Gasteiger charge is -2.20. The number of likely N-dealkylation sites (N-methyl/N-ethyl adjacent to an activating group) is 1. The van der Waals surface area contributed by atoms with Gasteiger partial charge in [0, 0.05) is 19.2 Å². The van der Waals surface area contributed by atoms with Gasteiger partial charge in [-0.15, -0.1) is 0 Å². The summed E-state index contributed by atoms with van der Waals surface area (Å²) in [6.45, 7) is 2.48. The van der Waals surface area contributed by atoms with E-state index in [9.17, 15) is 9.59 Å². The van der Waals surface area contributed by atoms with Crippen LogP contribution in [0, 0.1) is 0 Å². The van der Waals surface area contributed by atoms with E-state index in [1.54, 1.807) is 18.2 Å². The molecule has 1 aromatic rings. The van der Waals surface area contributed by atoms with Crippen LogP contribution in [0.15, 0.2) is 18.2 Å². The van der Waals surface area contributed by atoms with E-state index in [1.165, 1.54) is 12.0 Å². The van der Waals surface area contributed by atoms with Gasteiger partial charge in [0.15, 0.2) is 6.61 Å². The van der Waals surface area contributed by atoms with Crippen molar-refractivity contribution < 1.29 is 19.1 Å². The van der Waals surface area contributed by atoms with Crippen LogP contribution in [-0.4, -0.2) is 43.6 Å². The summed E-state index contributed by atoms with van der Waals surface area (Å²) in [5.74, 6) is -0.110. The summed E-state index contributed by atoms with van der Waals surface area (Å²) in [5.41, 5.74) is 0. The van der Waals surface area contributed by atoms with Crippen molar-refractivity contribution in [1.29, 1.82) is 0 Å². The number of carbonyl (C=O) groups excluding carboxylic acids is 2. The van der Waals surface area contributed by atoms with E-state index in [0.717, 1.165) is 0 Å². The highest BCUT2D eigenvalue weighted by Gasteiger charge is 2.14. The summed E-state index contributed by atoms with van der Waals surface area (Å²) >= 11 is 11.7. The Balaban J connectivity index is 2.50. The first-order valence-corrected chi connectivity index (χ1v) is 7.16. The van der Waals surface area contributed by atoms with Crippen molar-refractivity contribution in [2.45, 2.75) is 13.3 Å². The van der Waals surface area contributed by atoms with Crippen LogP contribution >= 0.6 is 23.2 Å². The number of benzene rings is 1. The van der Waals surface area contributed by atoms with Gasteiger partial charge in [0.25, 0.3) is 5.91 Å². The summed E-state index contributed by atoms with van der Waals surface area (Å²) in [6, 6.07) is 4.77. The molecule has 116 valence electrons. The number of methoxy groups -OCH3 is 1. The van der Waals surface area contributed by atoms with Gasteiger partial charge < -0.3 is 14.4 Å². The van der Waals surface area contributed by atoms with Gasteiger partial charge in [0.05, 0.1) is 23.6 Å². The predicted molar refractivity (Wildman–Crippen MR) is 80.8 cm³/mol. The second-order valence-corrected chi connectivity index (χ2v) is 4.98. The molecule has 0 atom stereocenters. The normalized spacial score (nSPS) is 10.1. The lowest BCUT2D eigenvalue weighted by atomic mass is 10.3. The molecule has 0 spiro atoms. The van der Waals surface area contributed by atoms with E-state index >= 15 is 0 Å². The van der Waals surface area contributed by atoms with Gasteiger partial charge in [-0.05, 0) is 19.1 Å². The molecule has 0 aromatic heterocycles. The van der Waals surface area contributed by atoms with Crippen molar-refractivity contribution in [3.8, 4) is 5.75 Å². The average Bonchev–Trinajstić information content (AvgIpc) is 2.48. The molecule has 21 heavy (non-hydrogen) atoms. The Morgan fingerprint density at radius 3 is 2.52 bits per heavy atom. The summed E-state index contributed by atoms with van der Waals surface area (Å²) < 4.78 is 9.91. The fourth-order valence-corrected chi connectivity index (χ4v) is 1.88. The summed E-state index contributed by atoms with van der Waals surface area (Å²) in [6.07, 6.45) is 0.156. The predicted octanol–water partition coefficient (Wildman–Crippen LogP) is 2.78. The highest BCUT2D eigenvalue weighted by atomic mass is 35.5. The molecular formula is C14H17Cl2NO4. The molecule has 1 amide bonds. The molecule has 5 nitrogen and oxygen atoms in total. The van der Waals surface area contributed by atoms with Gasteiger partial charge in [-0.1, -0.05) is 23.2 Å². The molecule has 0 aliphatic rings. The van der Waals surface area contributed by atoms with Gasteiger partial charge in [-0.25, -0.2) is 0 Å². The molecule has 1 aromatic carbocycles. The van der Waals surface area contributed by atoms with E-state index in [2.05, 4.69) is 4.74 Å². The number of halogens is 2. The number of hydrogen-bond donors (Lipinski definition) is 0. The van der Waals surface area contributed by atoms with Crippen LogP contribution in [0.25, 0.3) is 0 Å². The van der Waals surface area contributed by atoms with E-state index in [0.29, 0.717) is 28.9 Å². The van der Waals surface area contributed by atoms with Crippen molar-refractivity contribution in [2.75, 3.05) is 26.8 Å². The lowest BCUT2D eigenvalue weighted by Crippen LogP contribution is -2.36. The number of ether oxygens (including phenoxy) is 2. The Morgan fingerprint density at radius 2 is 1.95 bits per heavy atom. The first-order valence-electron chi connectivity index (χ1n) is 6.40. The molecule has 7 heteroatoms. The number of nitrogens with zero attached hydrogens (tertiary/aromatic N) is 1. The molecule has 0 fully saturated rings. The zero-order chi connectivity index (χ0) is 15.8. The smallest absolute Gasteiger partial charge is 0.307 e. The maximum Gasteiger partial charge on any atom is 0.307 e. The molecule has 0 saturated carbocycles. The highest BCUT2D eigenvalue weighted by molar-refractivity contribution is 6.42. The summed E-state index contributed by atoms with van der Waals surface area (Å²) in [5, 5.41) is 0.781. The van der Waals surface area contributed by atoms with E-state index < -0.39 is 0 Å². The third-order valence-electron chi connectivity index (χ3n) is 2.80. The third kappa shape index (κ3) is 5.81. The molecular weight excluding hydrogens is 317 g/mol. The monoisotopic (exact) mass is 333 g/mol. The van der Waals surface area contributed by atoms with Gasteiger partial charge >= 0.3 is 5.97 Å². The maximum atomic E-state index is 12.0. The van der Waals surface area contributed by atoms with E-state index in [4.69, 9.17) is 27.9 Å². The molecule has 0 radical (unpaired) electrons. The van der Waals surface area contributed by atoms with Crippen LogP contribution in [-0.2, 0) is 14.3 Å². The molecule has 1 rings (SSSR count). The lowest BCUT2D eigenvalue weighted by molar-refractivity contribution is -0.142. The Kier molecular flexibility index (Phi) is 7.32. The van der Waals surface area contributed by atoms with Crippen LogP contribution < -0.4 is 4.74 Å². The molecule has 0 bridgehead atoms. The van der Waals surface area contributed by atoms with E-state index in [-0.39, 0.29) is 24.9 Å². The molecule has 0 saturated heterocycles. The zero-order valence-corrected chi connectivity index (χ0v) is 13.4. The Hall–Kier alpha value is -1.46. The van der Waals surface area contributed by atoms with Gasteiger partial charge in [-0.2, -0.15) is 0 Å². The van der Waals surface area contributed by atoms with Gasteiger partial charge in [-0.3, -0.25) is 9.59 Å². The zero-order valence-electron chi connectivity index (χ0n) is 11.9. The van der Waals surface area contributed by atoms with Crippen molar-refractivity contribution in [2.24, 2.45) is 0 Å². The summed E-state index contributed by atoms with van der Waals surface area (Å²) in [7, 11) is 1.31. The van der Waals surface area contributed by atoms with Crippen LogP contribution in [0.1, 0.15) is 13.3 Å². The number of carbonyl (C=O) groups is 2. The average molecular weight is 334 g/mol. The van der Waals surface area contributed by atoms with Gasteiger partial charge in [0.1, 0.15) is 5.75 Å². The number of amides is 1. The SMILES string of the molecule is CCN(CCC(=O)OC)C(=O)COc1ccc(Cl)c(Cl)c1. The second kappa shape index (κ2) is 8.74. The number of hydrogen-bond acceptors (Lipinski definition) is 4. The van der Waals surface area contributed by atoms with Crippen molar-refractivity contribution in [3.05, 3.63) is 28.2 Å². The highest BCUT2D eigenvalue weighted by Crippen LogP contribution is 2.26. The molecule has 0 aliphatic heterocycles. The van der Waals surface area contributed by atoms with Crippen molar-refractivity contribution in [1.82, 2.24) is 4.90 Å². The molecule has 0 unspecified atom stereocenters. The van der Waals surface area contributed by atoms with E-state index in [1.807, 2.05) is 6.92 Å². The number of rotatable bonds is 7. The molecule has 0 N–H and O–H groups in total. The Labute approximate surface area is 133 Å². The number of esters is 1. The van der Waals surface area contributed by atoms with Crippen molar-refractivity contribution >= 4 is 35.1 Å². The largest absolute Gasteiger partial charge is 0.484 e. The Morgan fingerprint density at radius 1 is 1.24 bits per heavy atom. The third-order valence-corrected chi connectivity index (χ3v) is 3.54. The minimum Gasteiger partial charge on any atom is -0.484 e. The minimum atomic E-state index is -0.355. The quantitative estimate of drug-likeness (QED) is 0.720. The second-order valence-electron chi connectivity index (χ2n) is 4.16.